The minimum atomic E-state index is -0.336. The molecule has 0 N–H and O–H groups in total. The van der Waals surface area contributed by atoms with Gasteiger partial charge < -0.3 is 18.9 Å². The van der Waals surface area contributed by atoms with Crippen LogP contribution < -0.4 is 9.47 Å². The number of ether oxygens (including phenoxy) is 2. The summed E-state index contributed by atoms with van der Waals surface area (Å²) in [6.45, 7) is 3.02. The summed E-state index contributed by atoms with van der Waals surface area (Å²) >= 11 is 0. The standard InChI is InChI=1S/C24H24N6O4/c1-3-33-21-9-5-4-7-17(21)22-27-23(34-28-22)20-8-6-14-29(20)24(31)18-15-16(32-2)10-11-19(18)30-25-12-13-26-30/h4-5,7,9-13,15,20H,3,6,8,14H2,1-2H3/t20-/m0/s1. The number of aromatic nitrogens is 5. The lowest BCUT2D eigenvalue weighted by Gasteiger charge is -2.23. The lowest BCUT2D eigenvalue weighted by Crippen LogP contribution is -2.31. The topological polar surface area (TPSA) is 108 Å². The number of benzene rings is 2. The van der Waals surface area contributed by atoms with Crippen LogP contribution in [0.1, 0.15) is 42.1 Å². The van der Waals surface area contributed by atoms with Crippen LogP contribution in [0.2, 0.25) is 0 Å². The van der Waals surface area contributed by atoms with Crippen molar-refractivity contribution in [2.45, 2.75) is 25.8 Å². The SMILES string of the molecule is CCOc1ccccc1-c1noc([C@@H]2CCCN2C(=O)c2cc(OC)ccc2-n2nccn2)n1. The summed E-state index contributed by atoms with van der Waals surface area (Å²) in [6.07, 6.45) is 4.68. The molecule has 0 aliphatic carbocycles. The molecule has 5 rings (SSSR count). The van der Waals surface area contributed by atoms with Crippen molar-refractivity contribution >= 4 is 5.91 Å². The van der Waals surface area contributed by atoms with Gasteiger partial charge in [-0.3, -0.25) is 4.79 Å². The number of methoxy groups -OCH3 is 1. The molecule has 3 heterocycles. The highest BCUT2D eigenvalue weighted by molar-refractivity contribution is 5.98. The van der Waals surface area contributed by atoms with Crippen molar-refractivity contribution in [1.29, 1.82) is 0 Å². The quantitative estimate of drug-likeness (QED) is 0.411. The molecule has 4 aromatic rings. The molecule has 34 heavy (non-hydrogen) atoms. The smallest absolute Gasteiger partial charge is 0.256 e. The third kappa shape index (κ3) is 3.98. The molecule has 1 fully saturated rings. The van der Waals surface area contributed by atoms with Gasteiger partial charge in [0.2, 0.25) is 11.7 Å². The number of likely N-dealkylation sites (tertiary alicyclic amines) is 1. The predicted octanol–water partition coefficient (Wildman–Crippen LogP) is 3.70. The summed E-state index contributed by atoms with van der Waals surface area (Å²) in [4.78, 5) is 21.5. The molecule has 0 radical (unpaired) electrons. The normalized spacial score (nSPS) is 15.5. The van der Waals surface area contributed by atoms with Crippen molar-refractivity contribution in [3.05, 3.63) is 66.3 Å². The second kappa shape index (κ2) is 9.34. The molecular formula is C24H24N6O4. The Morgan fingerprint density at radius 3 is 2.79 bits per heavy atom. The zero-order chi connectivity index (χ0) is 23.5. The first-order valence-corrected chi connectivity index (χ1v) is 11.1. The Kier molecular flexibility index (Phi) is 5.94. The summed E-state index contributed by atoms with van der Waals surface area (Å²) in [6, 6.07) is 12.5. The van der Waals surface area contributed by atoms with Gasteiger partial charge in [0.25, 0.3) is 5.91 Å². The number of amides is 1. The lowest BCUT2D eigenvalue weighted by molar-refractivity contribution is 0.0709. The van der Waals surface area contributed by atoms with Crippen LogP contribution in [0, 0.1) is 0 Å². The minimum Gasteiger partial charge on any atom is -0.497 e. The van der Waals surface area contributed by atoms with Crippen LogP contribution in [0.25, 0.3) is 17.1 Å². The number of hydrogen-bond acceptors (Lipinski definition) is 8. The van der Waals surface area contributed by atoms with Crippen LogP contribution in [0.4, 0.5) is 0 Å². The van der Waals surface area contributed by atoms with Gasteiger partial charge in [-0.1, -0.05) is 17.3 Å². The van der Waals surface area contributed by atoms with Gasteiger partial charge in [-0.2, -0.15) is 20.0 Å². The van der Waals surface area contributed by atoms with Crippen LogP contribution in [0.3, 0.4) is 0 Å². The Labute approximate surface area is 196 Å². The molecule has 10 heteroatoms. The van der Waals surface area contributed by atoms with Crippen molar-refractivity contribution in [3.8, 4) is 28.6 Å². The van der Waals surface area contributed by atoms with E-state index in [0.717, 1.165) is 18.4 Å². The lowest BCUT2D eigenvalue weighted by atomic mass is 10.1. The number of carbonyl (C=O) groups is 1. The molecule has 0 unspecified atom stereocenters. The molecule has 174 valence electrons. The summed E-state index contributed by atoms with van der Waals surface area (Å²) in [5.74, 6) is 1.91. The molecule has 0 bridgehead atoms. The van der Waals surface area contributed by atoms with Crippen molar-refractivity contribution in [3.63, 3.8) is 0 Å². The van der Waals surface area contributed by atoms with Crippen molar-refractivity contribution < 1.29 is 18.8 Å². The monoisotopic (exact) mass is 460 g/mol. The molecule has 1 atom stereocenters. The molecule has 2 aromatic heterocycles. The Hall–Kier alpha value is -4.21. The van der Waals surface area contributed by atoms with E-state index in [9.17, 15) is 4.79 Å². The molecular weight excluding hydrogens is 436 g/mol. The molecule has 1 aliphatic rings. The Balaban J connectivity index is 1.47. The van der Waals surface area contributed by atoms with Crippen LogP contribution >= 0.6 is 0 Å². The van der Waals surface area contributed by atoms with E-state index in [1.807, 2.05) is 31.2 Å². The summed E-state index contributed by atoms with van der Waals surface area (Å²) < 4.78 is 16.7. The molecule has 1 amide bonds. The van der Waals surface area contributed by atoms with Crippen molar-refractivity contribution in [2.75, 3.05) is 20.3 Å². The van der Waals surface area contributed by atoms with Crippen LogP contribution in [-0.2, 0) is 0 Å². The first-order chi connectivity index (χ1) is 16.7. The van der Waals surface area contributed by atoms with Crippen LogP contribution in [0.15, 0.2) is 59.4 Å². The largest absolute Gasteiger partial charge is 0.497 e. The van der Waals surface area contributed by atoms with Crippen LogP contribution in [-0.4, -0.2) is 56.2 Å². The highest BCUT2D eigenvalue weighted by Crippen LogP contribution is 2.36. The Morgan fingerprint density at radius 2 is 2.00 bits per heavy atom. The van der Waals surface area contributed by atoms with E-state index in [2.05, 4.69) is 20.3 Å². The predicted molar refractivity (Wildman–Crippen MR) is 122 cm³/mol. The number of para-hydroxylation sites is 1. The highest BCUT2D eigenvalue weighted by Gasteiger charge is 2.36. The van der Waals surface area contributed by atoms with Crippen molar-refractivity contribution in [1.82, 2.24) is 30.0 Å². The summed E-state index contributed by atoms with van der Waals surface area (Å²) in [7, 11) is 1.56. The maximum atomic E-state index is 13.7. The Morgan fingerprint density at radius 1 is 1.18 bits per heavy atom. The molecule has 2 aromatic carbocycles. The first kappa shape index (κ1) is 21.6. The zero-order valence-corrected chi connectivity index (χ0v) is 18.9. The van der Waals surface area contributed by atoms with Gasteiger partial charge >= 0.3 is 0 Å². The van der Waals surface area contributed by atoms with Crippen molar-refractivity contribution in [2.24, 2.45) is 0 Å². The first-order valence-electron chi connectivity index (χ1n) is 11.1. The second-order valence-corrected chi connectivity index (χ2v) is 7.74. The van der Waals surface area contributed by atoms with Gasteiger partial charge in [-0.25, -0.2) is 0 Å². The average molecular weight is 460 g/mol. The average Bonchev–Trinajstić information content (AvgIpc) is 3.65. The molecule has 0 saturated carbocycles. The fraction of sp³-hybridized carbons (Fsp3) is 0.292. The second-order valence-electron chi connectivity index (χ2n) is 7.74. The van der Waals surface area contributed by atoms with Gasteiger partial charge in [0.05, 0.1) is 42.9 Å². The third-order valence-electron chi connectivity index (χ3n) is 5.74. The van der Waals surface area contributed by atoms with Gasteiger partial charge in [-0.15, -0.1) is 0 Å². The highest BCUT2D eigenvalue weighted by atomic mass is 16.5. The fourth-order valence-electron chi connectivity index (χ4n) is 4.16. The van der Waals surface area contributed by atoms with E-state index in [-0.39, 0.29) is 11.9 Å². The van der Waals surface area contributed by atoms with Crippen LogP contribution in [0.5, 0.6) is 11.5 Å². The van der Waals surface area contributed by atoms with E-state index < -0.39 is 0 Å². The van der Waals surface area contributed by atoms with Gasteiger partial charge in [0.15, 0.2) is 0 Å². The van der Waals surface area contributed by atoms with Gasteiger partial charge in [0.1, 0.15) is 17.5 Å². The molecule has 1 aliphatic heterocycles. The van der Waals surface area contributed by atoms with E-state index in [1.165, 1.54) is 4.80 Å². The Bertz CT molecular complexity index is 1290. The number of hydrogen-bond donors (Lipinski definition) is 0. The van der Waals surface area contributed by atoms with E-state index in [4.69, 9.17) is 14.0 Å². The minimum absolute atomic E-state index is 0.178. The summed E-state index contributed by atoms with van der Waals surface area (Å²) in [5.41, 5.74) is 1.75. The molecule has 1 saturated heterocycles. The third-order valence-corrected chi connectivity index (χ3v) is 5.74. The fourth-order valence-corrected chi connectivity index (χ4v) is 4.16. The number of carbonyl (C=O) groups excluding carboxylic acids is 1. The van der Waals surface area contributed by atoms with E-state index in [0.29, 0.717) is 47.6 Å². The number of rotatable bonds is 7. The van der Waals surface area contributed by atoms with Gasteiger partial charge in [0, 0.05) is 6.54 Å². The van der Waals surface area contributed by atoms with E-state index in [1.54, 1.807) is 42.6 Å². The zero-order valence-electron chi connectivity index (χ0n) is 18.9. The maximum Gasteiger partial charge on any atom is 0.256 e. The number of nitrogens with zero attached hydrogens (tertiary/aromatic N) is 6. The van der Waals surface area contributed by atoms with E-state index >= 15 is 0 Å². The molecule has 0 spiro atoms. The van der Waals surface area contributed by atoms with Gasteiger partial charge in [-0.05, 0) is 50.1 Å². The molecule has 10 nitrogen and oxygen atoms in total. The summed E-state index contributed by atoms with van der Waals surface area (Å²) in [5, 5.41) is 12.6. The maximum absolute atomic E-state index is 13.7.